The van der Waals surface area contributed by atoms with E-state index in [1.54, 1.807) is 29.4 Å². The van der Waals surface area contributed by atoms with Gasteiger partial charge in [0.1, 0.15) is 12.4 Å². The Bertz CT molecular complexity index is 1310. The van der Waals surface area contributed by atoms with Gasteiger partial charge in [-0.15, -0.1) is 0 Å². The second-order valence-corrected chi connectivity index (χ2v) is 8.29. The number of nitrogens with zero attached hydrogens (tertiary/aromatic N) is 3. The van der Waals surface area contributed by atoms with Crippen LogP contribution in [0.4, 0.5) is 0 Å². The summed E-state index contributed by atoms with van der Waals surface area (Å²) in [7, 11) is 0. The van der Waals surface area contributed by atoms with Crippen LogP contribution < -0.4 is 4.74 Å². The zero-order valence-corrected chi connectivity index (χ0v) is 18.8. The highest BCUT2D eigenvalue weighted by molar-refractivity contribution is 6.07. The molecule has 0 atom stereocenters. The van der Waals surface area contributed by atoms with Crippen molar-refractivity contribution in [3.63, 3.8) is 0 Å². The van der Waals surface area contributed by atoms with Gasteiger partial charge in [-0.3, -0.25) is 14.6 Å². The standard InChI is InChI=1S/C28H25N3O3/c32-27(23-9-3-10-24(18-23)34-20-21-6-5-13-29-19-21)30-14-16-31(17-15-30)28(33)26-12-4-8-22-7-1-2-11-25(22)26/h1-13,18-19H,14-17,20H2. The van der Waals surface area contributed by atoms with Crippen molar-refractivity contribution in [2.24, 2.45) is 0 Å². The van der Waals surface area contributed by atoms with Gasteiger partial charge in [-0.2, -0.15) is 0 Å². The second kappa shape index (κ2) is 9.75. The number of ether oxygens (including phenoxy) is 1. The Morgan fingerprint density at radius 2 is 1.53 bits per heavy atom. The minimum atomic E-state index is -0.0518. The molecular formula is C28H25N3O3. The van der Waals surface area contributed by atoms with Gasteiger partial charge in [0.15, 0.2) is 0 Å². The molecule has 1 fully saturated rings. The van der Waals surface area contributed by atoms with Crippen LogP contribution in [0.15, 0.2) is 91.3 Å². The summed E-state index contributed by atoms with van der Waals surface area (Å²) < 4.78 is 5.84. The van der Waals surface area contributed by atoms with E-state index in [4.69, 9.17) is 4.74 Å². The molecule has 170 valence electrons. The minimum absolute atomic E-state index is 0.00898. The van der Waals surface area contributed by atoms with Gasteiger partial charge in [-0.25, -0.2) is 0 Å². The van der Waals surface area contributed by atoms with Crippen molar-refractivity contribution in [1.82, 2.24) is 14.8 Å². The quantitative estimate of drug-likeness (QED) is 0.451. The second-order valence-electron chi connectivity index (χ2n) is 8.29. The number of amides is 2. The van der Waals surface area contributed by atoms with Crippen molar-refractivity contribution in [2.75, 3.05) is 26.2 Å². The summed E-state index contributed by atoms with van der Waals surface area (Å²) in [5.74, 6) is 0.596. The zero-order chi connectivity index (χ0) is 23.3. The fraction of sp³-hybridized carbons (Fsp3) is 0.179. The molecule has 0 saturated carbocycles. The number of aromatic nitrogens is 1. The van der Waals surface area contributed by atoms with E-state index in [0.717, 1.165) is 16.3 Å². The topological polar surface area (TPSA) is 62.7 Å². The van der Waals surface area contributed by atoms with Crippen LogP contribution in [0.25, 0.3) is 10.8 Å². The lowest BCUT2D eigenvalue weighted by molar-refractivity contribution is 0.0536. The van der Waals surface area contributed by atoms with Gasteiger partial charge in [-0.1, -0.05) is 48.5 Å². The summed E-state index contributed by atoms with van der Waals surface area (Å²) in [5, 5.41) is 2.00. The summed E-state index contributed by atoms with van der Waals surface area (Å²) in [5.41, 5.74) is 2.25. The molecule has 2 heterocycles. The smallest absolute Gasteiger partial charge is 0.254 e. The molecule has 3 aromatic carbocycles. The Morgan fingerprint density at radius 3 is 2.32 bits per heavy atom. The summed E-state index contributed by atoms with van der Waals surface area (Å²) in [6.07, 6.45) is 3.48. The van der Waals surface area contributed by atoms with Crippen molar-refractivity contribution < 1.29 is 14.3 Å². The number of hydrogen-bond acceptors (Lipinski definition) is 4. The Hall–Kier alpha value is -4.19. The molecule has 6 heteroatoms. The highest BCUT2D eigenvalue weighted by Crippen LogP contribution is 2.22. The van der Waals surface area contributed by atoms with Crippen molar-refractivity contribution in [1.29, 1.82) is 0 Å². The number of carbonyl (C=O) groups is 2. The van der Waals surface area contributed by atoms with Crippen molar-refractivity contribution in [2.45, 2.75) is 6.61 Å². The van der Waals surface area contributed by atoms with E-state index in [1.807, 2.05) is 71.6 Å². The maximum absolute atomic E-state index is 13.2. The van der Waals surface area contributed by atoms with Crippen molar-refractivity contribution in [3.8, 4) is 5.75 Å². The lowest BCUT2D eigenvalue weighted by atomic mass is 10.0. The number of rotatable bonds is 5. The van der Waals surface area contributed by atoms with E-state index in [9.17, 15) is 9.59 Å². The number of carbonyl (C=O) groups excluding carboxylic acids is 2. The van der Waals surface area contributed by atoms with E-state index in [0.29, 0.717) is 49.7 Å². The normalized spacial score (nSPS) is 13.6. The molecule has 1 aliphatic heterocycles. The maximum Gasteiger partial charge on any atom is 0.254 e. The monoisotopic (exact) mass is 451 g/mol. The lowest BCUT2D eigenvalue weighted by Crippen LogP contribution is -2.50. The van der Waals surface area contributed by atoms with Crippen LogP contribution in [0.1, 0.15) is 26.3 Å². The highest BCUT2D eigenvalue weighted by Gasteiger charge is 2.26. The molecule has 0 aliphatic carbocycles. The molecule has 0 bridgehead atoms. The zero-order valence-electron chi connectivity index (χ0n) is 18.8. The Balaban J connectivity index is 1.22. The van der Waals surface area contributed by atoms with E-state index in [1.165, 1.54) is 0 Å². The third-order valence-electron chi connectivity index (χ3n) is 6.08. The third kappa shape index (κ3) is 4.62. The Kier molecular flexibility index (Phi) is 6.21. The average molecular weight is 452 g/mol. The van der Waals surface area contributed by atoms with E-state index in [-0.39, 0.29) is 11.8 Å². The molecule has 2 amide bonds. The Morgan fingerprint density at radius 1 is 0.794 bits per heavy atom. The first-order valence-electron chi connectivity index (χ1n) is 11.4. The van der Waals surface area contributed by atoms with E-state index >= 15 is 0 Å². The van der Waals surface area contributed by atoms with Gasteiger partial charge in [0.05, 0.1) is 0 Å². The average Bonchev–Trinajstić information content (AvgIpc) is 2.91. The van der Waals surface area contributed by atoms with Gasteiger partial charge in [0, 0.05) is 55.3 Å². The molecule has 1 aromatic heterocycles. The van der Waals surface area contributed by atoms with Gasteiger partial charge in [0.2, 0.25) is 0 Å². The fourth-order valence-corrected chi connectivity index (χ4v) is 4.25. The van der Waals surface area contributed by atoms with Gasteiger partial charge in [0.25, 0.3) is 11.8 Å². The lowest BCUT2D eigenvalue weighted by Gasteiger charge is -2.35. The summed E-state index contributed by atoms with van der Waals surface area (Å²) in [6, 6.07) is 24.8. The fourth-order valence-electron chi connectivity index (χ4n) is 4.25. The number of pyridine rings is 1. The maximum atomic E-state index is 13.2. The van der Waals surface area contributed by atoms with Crippen LogP contribution >= 0.6 is 0 Å². The molecule has 6 nitrogen and oxygen atoms in total. The van der Waals surface area contributed by atoms with Crippen LogP contribution in [-0.2, 0) is 6.61 Å². The van der Waals surface area contributed by atoms with Crippen LogP contribution in [0.3, 0.4) is 0 Å². The van der Waals surface area contributed by atoms with E-state index in [2.05, 4.69) is 4.98 Å². The third-order valence-corrected chi connectivity index (χ3v) is 6.08. The van der Waals surface area contributed by atoms with Crippen LogP contribution in [-0.4, -0.2) is 52.8 Å². The minimum Gasteiger partial charge on any atom is -0.489 e. The SMILES string of the molecule is O=C(c1cccc(OCc2cccnc2)c1)N1CCN(C(=O)c2cccc3ccccc23)CC1. The summed E-state index contributed by atoms with van der Waals surface area (Å²) in [4.78, 5) is 34.0. The molecule has 0 unspecified atom stereocenters. The summed E-state index contributed by atoms with van der Waals surface area (Å²) in [6.45, 7) is 2.39. The number of fused-ring (bicyclic) bond motifs is 1. The predicted molar refractivity (Wildman–Crippen MR) is 131 cm³/mol. The number of benzene rings is 3. The molecular weight excluding hydrogens is 426 g/mol. The molecule has 1 aliphatic rings. The first-order chi connectivity index (χ1) is 16.7. The van der Waals surface area contributed by atoms with Gasteiger partial charge in [-0.05, 0) is 41.1 Å². The summed E-state index contributed by atoms with van der Waals surface area (Å²) >= 11 is 0. The number of piperazine rings is 1. The number of hydrogen-bond donors (Lipinski definition) is 0. The van der Waals surface area contributed by atoms with Crippen molar-refractivity contribution >= 4 is 22.6 Å². The largest absolute Gasteiger partial charge is 0.489 e. The molecule has 5 rings (SSSR count). The van der Waals surface area contributed by atoms with Gasteiger partial charge < -0.3 is 14.5 Å². The van der Waals surface area contributed by atoms with Crippen LogP contribution in [0, 0.1) is 0 Å². The van der Waals surface area contributed by atoms with Gasteiger partial charge >= 0.3 is 0 Å². The Labute approximate surface area is 198 Å². The highest BCUT2D eigenvalue weighted by atomic mass is 16.5. The first kappa shape index (κ1) is 21.6. The van der Waals surface area contributed by atoms with Crippen LogP contribution in [0.2, 0.25) is 0 Å². The van der Waals surface area contributed by atoms with E-state index < -0.39 is 0 Å². The molecule has 34 heavy (non-hydrogen) atoms. The molecule has 0 radical (unpaired) electrons. The molecule has 0 N–H and O–H groups in total. The predicted octanol–water partition coefficient (Wildman–Crippen LogP) is 4.41. The first-order valence-corrected chi connectivity index (χ1v) is 11.4. The molecule has 4 aromatic rings. The molecule has 1 saturated heterocycles. The van der Waals surface area contributed by atoms with Crippen LogP contribution in [0.5, 0.6) is 5.75 Å². The van der Waals surface area contributed by atoms with Crippen molar-refractivity contribution in [3.05, 3.63) is 108 Å². The molecule has 0 spiro atoms.